The van der Waals surface area contributed by atoms with Gasteiger partial charge in [0.1, 0.15) is 18.5 Å². The monoisotopic (exact) mass is 480 g/mol. The molecule has 0 aliphatic heterocycles. The number of aliphatic hydroxyl groups is 2. The molecule has 2 atom stereocenters. The van der Waals surface area contributed by atoms with Gasteiger partial charge in [0.25, 0.3) is 5.69 Å². The highest BCUT2D eigenvalue weighted by molar-refractivity contribution is 5.99. The topological polar surface area (TPSA) is 146 Å². The molecule has 10 nitrogen and oxygen atoms in total. The number of nitro benzene ring substituents is 1. The van der Waals surface area contributed by atoms with Crippen LogP contribution in [-0.2, 0) is 6.42 Å². The second kappa shape index (κ2) is 13.0. The predicted octanol–water partition coefficient (Wildman–Crippen LogP) is 3.17. The number of nitrogens with one attached hydrogen (secondary N) is 3. The van der Waals surface area contributed by atoms with Crippen molar-refractivity contribution in [3.05, 3.63) is 94.5 Å². The summed E-state index contributed by atoms with van der Waals surface area (Å²) < 4.78 is 5.53. The van der Waals surface area contributed by atoms with Crippen LogP contribution in [0.1, 0.15) is 5.56 Å². The number of hydrogen-bond acceptors (Lipinski definition) is 7. The molecule has 0 saturated heterocycles. The summed E-state index contributed by atoms with van der Waals surface area (Å²) in [5.41, 5.74) is 1.87. The van der Waals surface area contributed by atoms with Gasteiger partial charge in [0, 0.05) is 36.1 Å². The van der Waals surface area contributed by atoms with Gasteiger partial charge in [-0.05, 0) is 48.4 Å². The smallest absolute Gasteiger partial charge is 0.323 e. The fraction of sp³-hybridized carbons (Fsp3) is 0.240. The molecule has 0 unspecified atom stereocenters. The van der Waals surface area contributed by atoms with E-state index in [9.17, 15) is 25.1 Å². The number of hydrogen-bond donors (Lipinski definition) is 5. The third-order valence-electron chi connectivity index (χ3n) is 5.08. The zero-order chi connectivity index (χ0) is 25.0. The van der Waals surface area contributed by atoms with Crippen molar-refractivity contribution in [3.8, 4) is 5.75 Å². The Balaban J connectivity index is 1.42. The summed E-state index contributed by atoms with van der Waals surface area (Å²) >= 11 is 0. The number of aliphatic hydroxyl groups excluding tert-OH is 2. The summed E-state index contributed by atoms with van der Waals surface area (Å²) in [6.07, 6.45) is -0.206. The van der Waals surface area contributed by atoms with Gasteiger partial charge < -0.3 is 30.9 Å². The van der Waals surface area contributed by atoms with Crippen LogP contribution in [0.4, 0.5) is 21.9 Å². The fourth-order valence-electron chi connectivity index (χ4n) is 3.24. The summed E-state index contributed by atoms with van der Waals surface area (Å²) in [7, 11) is 0. The molecule has 10 heteroatoms. The van der Waals surface area contributed by atoms with Crippen molar-refractivity contribution in [2.75, 3.05) is 30.4 Å². The highest BCUT2D eigenvalue weighted by Crippen LogP contribution is 2.16. The van der Waals surface area contributed by atoms with Crippen LogP contribution >= 0.6 is 0 Å². The Hall–Kier alpha value is -3.99. The van der Waals surface area contributed by atoms with Crippen LogP contribution in [0.2, 0.25) is 0 Å². The first-order valence-corrected chi connectivity index (χ1v) is 11.0. The minimum Gasteiger partial charge on any atom is -0.491 e. The van der Waals surface area contributed by atoms with E-state index in [1.807, 2.05) is 42.5 Å². The van der Waals surface area contributed by atoms with Gasteiger partial charge in [-0.2, -0.15) is 0 Å². The molecule has 0 heterocycles. The van der Waals surface area contributed by atoms with Crippen LogP contribution in [0.5, 0.6) is 5.75 Å². The Kier molecular flexibility index (Phi) is 9.55. The van der Waals surface area contributed by atoms with E-state index < -0.39 is 17.1 Å². The van der Waals surface area contributed by atoms with E-state index in [0.29, 0.717) is 23.5 Å². The quantitative estimate of drug-likeness (QED) is 0.198. The van der Waals surface area contributed by atoms with Gasteiger partial charge >= 0.3 is 6.03 Å². The highest BCUT2D eigenvalue weighted by Gasteiger charge is 2.12. The third kappa shape index (κ3) is 8.70. The Morgan fingerprint density at radius 1 is 0.943 bits per heavy atom. The largest absolute Gasteiger partial charge is 0.491 e. The standard InChI is InChI=1S/C25H28N4O6/c30-16-21(26-15-23(31)17-35-24-4-2-1-3-5-24)14-18-6-8-19(9-7-18)27-25(32)28-20-10-12-22(13-11-20)29(33)34/h1-13,21,23,26,30-31H,14-17H2,(H2,27,28,32)/t21-,23-/m0/s1. The van der Waals surface area contributed by atoms with Crippen LogP contribution in [0, 0.1) is 10.1 Å². The number of urea groups is 1. The zero-order valence-corrected chi connectivity index (χ0v) is 19.0. The van der Waals surface area contributed by atoms with Crippen molar-refractivity contribution in [3.63, 3.8) is 0 Å². The number of rotatable bonds is 12. The average molecular weight is 481 g/mol. The van der Waals surface area contributed by atoms with Gasteiger partial charge in [0.05, 0.1) is 11.5 Å². The van der Waals surface area contributed by atoms with Crippen LogP contribution < -0.4 is 20.7 Å². The first-order valence-electron chi connectivity index (χ1n) is 11.0. The lowest BCUT2D eigenvalue weighted by molar-refractivity contribution is -0.384. The number of anilines is 2. The molecule has 3 rings (SSSR count). The number of carbonyl (C=O) groups excluding carboxylic acids is 1. The maximum absolute atomic E-state index is 12.2. The molecule has 2 amide bonds. The maximum Gasteiger partial charge on any atom is 0.323 e. The summed E-state index contributed by atoms with van der Waals surface area (Å²) in [5.74, 6) is 0.681. The number of carbonyl (C=O) groups is 1. The lowest BCUT2D eigenvalue weighted by Crippen LogP contribution is -2.41. The number of benzene rings is 3. The molecular formula is C25H28N4O6. The van der Waals surface area contributed by atoms with Crippen LogP contribution in [-0.4, -0.2) is 53.1 Å². The Morgan fingerprint density at radius 2 is 1.54 bits per heavy atom. The van der Waals surface area contributed by atoms with E-state index >= 15 is 0 Å². The average Bonchev–Trinajstić information content (AvgIpc) is 2.87. The summed E-state index contributed by atoms with van der Waals surface area (Å²) in [5, 5.41) is 39.0. The summed E-state index contributed by atoms with van der Waals surface area (Å²) in [6, 6.07) is 21.2. The van der Waals surface area contributed by atoms with Crippen molar-refractivity contribution in [1.29, 1.82) is 0 Å². The molecule has 3 aromatic rings. The number of non-ortho nitro benzene ring substituents is 1. The van der Waals surface area contributed by atoms with E-state index in [0.717, 1.165) is 5.56 Å². The van der Waals surface area contributed by atoms with Crippen LogP contribution in [0.3, 0.4) is 0 Å². The van der Waals surface area contributed by atoms with Crippen molar-refractivity contribution in [2.24, 2.45) is 0 Å². The molecule has 0 radical (unpaired) electrons. The second-order valence-electron chi connectivity index (χ2n) is 7.85. The molecular weight excluding hydrogens is 452 g/mol. The predicted molar refractivity (Wildman–Crippen MR) is 133 cm³/mol. The number of ether oxygens (including phenoxy) is 1. The van der Waals surface area contributed by atoms with Crippen molar-refractivity contribution in [2.45, 2.75) is 18.6 Å². The van der Waals surface area contributed by atoms with Gasteiger partial charge in [-0.15, -0.1) is 0 Å². The molecule has 0 aliphatic carbocycles. The summed E-state index contributed by atoms with van der Waals surface area (Å²) in [6.45, 7) is 0.294. The van der Waals surface area contributed by atoms with E-state index in [2.05, 4.69) is 16.0 Å². The highest BCUT2D eigenvalue weighted by atomic mass is 16.6. The molecule has 184 valence electrons. The number of nitrogens with zero attached hydrogens (tertiary/aromatic N) is 1. The van der Waals surface area contributed by atoms with Gasteiger partial charge in [0.15, 0.2) is 0 Å². The first kappa shape index (κ1) is 25.6. The Labute approximate surface area is 202 Å². The number of nitro groups is 1. The minimum atomic E-state index is -0.731. The molecule has 0 aromatic heterocycles. The minimum absolute atomic E-state index is 0.0581. The molecule has 0 fully saturated rings. The van der Waals surface area contributed by atoms with Gasteiger partial charge in [-0.1, -0.05) is 30.3 Å². The maximum atomic E-state index is 12.2. The normalized spacial score (nSPS) is 12.4. The number of para-hydroxylation sites is 1. The molecule has 5 N–H and O–H groups in total. The van der Waals surface area contributed by atoms with E-state index in [4.69, 9.17) is 4.74 Å². The van der Waals surface area contributed by atoms with Gasteiger partial charge in [-0.3, -0.25) is 10.1 Å². The zero-order valence-electron chi connectivity index (χ0n) is 19.0. The van der Waals surface area contributed by atoms with E-state index in [1.165, 1.54) is 24.3 Å². The van der Waals surface area contributed by atoms with Crippen molar-refractivity contribution in [1.82, 2.24) is 5.32 Å². The molecule has 0 aliphatic rings. The molecule has 0 saturated carbocycles. The van der Waals surface area contributed by atoms with Gasteiger partial charge in [0.2, 0.25) is 0 Å². The lowest BCUT2D eigenvalue weighted by Gasteiger charge is -2.19. The van der Waals surface area contributed by atoms with Crippen LogP contribution in [0.15, 0.2) is 78.9 Å². The molecule has 0 bridgehead atoms. The van der Waals surface area contributed by atoms with E-state index in [-0.39, 0.29) is 31.5 Å². The SMILES string of the molecule is O=C(Nc1ccc(C[C@@H](CO)NC[C@H](O)COc2ccccc2)cc1)Nc1ccc([N+](=O)[O-])cc1. The summed E-state index contributed by atoms with van der Waals surface area (Å²) in [4.78, 5) is 22.4. The van der Waals surface area contributed by atoms with Crippen LogP contribution in [0.25, 0.3) is 0 Å². The molecule has 3 aromatic carbocycles. The number of amides is 2. The van der Waals surface area contributed by atoms with Crippen molar-refractivity contribution < 1.29 is 24.7 Å². The van der Waals surface area contributed by atoms with E-state index in [1.54, 1.807) is 12.1 Å². The third-order valence-corrected chi connectivity index (χ3v) is 5.08. The fourth-order valence-corrected chi connectivity index (χ4v) is 3.24. The van der Waals surface area contributed by atoms with Gasteiger partial charge in [-0.25, -0.2) is 4.79 Å². The second-order valence-corrected chi connectivity index (χ2v) is 7.85. The van der Waals surface area contributed by atoms with Crippen molar-refractivity contribution >= 4 is 23.1 Å². The molecule has 0 spiro atoms. The lowest BCUT2D eigenvalue weighted by atomic mass is 10.1. The Bertz CT molecular complexity index is 1080. The molecule has 35 heavy (non-hydrogen) atoms. The first-order chi connectivity index (χ1) is 16.9. The Morgan fingerprint density at radius 3 is 2.11 bits per heavy atom.